The number of ether oxygens (including phenoxy) is 1. The number of rotatable bonds is 8. The zero-order valence-electron chi connectivity index (χ0n) is 22.2. The molecule has 4 aromatic carbocycles. The average molecular weight is 557 g/mol. The third-order valence-corrected chi connectivity index (χ3v) is 6.91. The number of nitrogens with zero attached hydrogens (tertiary/aromatic N) is 3. The van der Waals surface area contributed by atoms with Crippen LogP contribution in [0.25, 0.3) is 33.9 Å². The van der Waals surface area contributed by atoms with Gasteiger partial charge in [0.05, 0.1) is 18.3 Å². The van der Waals surface area contributed by atoms with Crippen LogP contribution in [-0.4, -0.2) is 27.7 Å². The molecule has 0 amide bonds. The maximum atomic E-state index is 12.9. The Balaban J connectivity index is 1.35. The standard InChI is InChI=1S/C34H25ClN4O2/c1-41-29-14-10-23(11-15-29)33(40)17-12-25-22-39(28-8-3-2-4-9-28)38-34(25)24-6-5-7-27(20-24)37-31-18-19-36-32-21-26(35)13-16-30(31)32/h2-22H,1H3,(H,36,37)/b17-12+. The van der Waals surface area contributed by atoms with Crippen molar-refractivity contribution in [1.29, 1.82) is 0 Å². The minimum atomic E-state index is -0.105. The summed E-state index contributed by atoms with van der Waals surface area (Å²) in [6.07, 6.45) is 7.08. The third-order valence-electron chi connectivity index (χ3n) is 6.67. The van der Waals surface area contributed by atoms with E-state index >= 15 is 0 Å². The van der Waals surface area contributed by atoms with Crippen molar-refractivity contribution >= 4 is 45.7 Å². The molecule has 0 fully saturated rings. The van der Waals surface area contributed by atoms with Crippen LogP contribution in [0.4, 0.5) is 11.4 Å². The average Bonchev–Trinajstić information content (AvgIpc) is 3.45. The highest BCUT2D eigenvalue weighted by Crippen LogP contribution is 2.31. The van der Waals surface area contributed by atoms with Gasteiger partial charge in [-0.05, 0) is 84.9 Å². The number of benzene rings is 4. The predicted molar refractivity (Wildman–Crippen MR) is 165 cm³/mol. The molecule has 0 radical (unpaired) electrons. The first-order valence-electron chi connectivity index (χ1n) is 13.0. The largest absolute Gasteiger partial charge is 0.497 e. The minimum absolute atomic E-state index is 0.105. The second-order valence-corrected chi connectivity index (χ2v) is 9.80. The molecule has 0 spiro atoms. The van der Waals surface area contributed by atoms with Crippen LogP contribution in [0.15, 0.2) is 122 Å². The fraction of sp³-hybridized carbons (Fsp3) is 0.0294. The van der Waals surface area contributed by atoms with Crippen molar-refractivity contribution < 1.29 is 9.53 Å². The second-order valence-electron chi connectivity index (χ2n) is 9.37. The molecule has 6 rings (SSSR count). The van der Waals surface area contributed by atoms with Crippen molar-refractivity contribution in [3.8, 4) is 22.7 Å². The third kappa shape index (κ3) is 5.73. The lowest BCUT2D eigenvalue weighted by molar-refractivity contribution is 0.104. The van der Waals surface area contributed by atoms with Crippen molar-refractivity contribution in [1.82, 2.24) is 14.8 Å². The Kier molecular flexibility index (Phi) is 7.30. The number of carbonyl (C=O) groups excluding carboxylic acids is 1. The second kappa shape index (κ2) is 11.5. The Bertz CT molecular complexity index is 1880. The summed E-state index contributed by atoms with van der Waals surface area (Å²) in [4.78, 5) is 17.4. The topological polar surface area (TPSA) is 69.0 Å². The van der Waals surface area contributed by atoms with Crippen LogP contribution in [0.3, 0.4) is 0 Å². The molecular formula is C34H25ClN4O2. The van der Waals surface area contributed by atoms with Crippen molar-refractivity contribution in [2.75, 3.05) is 12.4 Å². The number of anilines is 2. The van der Waals surface area contributed by atoms with E-state index in [9.17, 15) is 4.79 Å². The normalized spacial score (nSPS) is 11.2. The monoisotopic (exact) mass is 556 g/mol. The number of hydrogen-bond donors (Lipinski definition) is 1. The van der Waals surface area contributed by atoms with Gasteiger partial charge < -0.3 is 10.1 Å². The summed E-state index contributed by atoms with van der Waals surface area (Å²) in [7, 11) is 1.60. The molecule has 200 valence electrons. The molecule has 0 atom stereocenters. The van der Waals surface area contributed by atoms with E-state index in [1.54, 1.807) is 43.6 Å². The number of aromatic nitrogens is 3. The molecule has 2 aromatic heterocycles. The van der Waals surface area contributed by atoms with E-state index in [2.05, 4.69) is 10.3 Å². The Morgan fingerprint density at radius 2 is 1.76 bits per heavy atom. The van der Waals surface area contributed by atoms with Gasteiger partial charge in [-0.1, -0.05) is 41.9 Å². The number of methoxy groups -OCH3 is 1. The lowest BCUT2D eigenvalue weighted by Crippen LogP contribution is -1.95. The fourth-order valence-electron chi connectivity index (χ4n) is 4.59. The first-order valence-corrected chi connectivity index (χ1v) is 13.4. The highest BCUT2D eigenvalue weighted by atomic mass is 35.5. The van der Waals surface area contributed by atoms with Crippen molar-refractivity contribution in [2.45, 2.75) is 0 Å². The summed E-state index contributed by atoms with van der Waals surface area (Å²) >= 11 is 6.17. The quantitative estimate of drug-likeness (QED) is 0.151. The van der Waals surface area contributed by atoms with Gasteiger partial charge in [0.15, 0.2) is 5.78 Å². The van der Waals surface area contributed by atoms with Crippen LogP contribution in [0.2, 0.25) is 5.02 Å². The molecule has 0 aliphatic rings. The van der Waals surface area contributed by atoms with Gasteiger partial charge in [-0.25, -0.2) is 4.68 Å². The van der Waals surface area contributed by atoms with Crippen molar-refractivity contribution in [3.05, 3.63) is 138 Å². The molecule has 0 bridgehead atoms. The zero-order valence-corrected chi connectivity index (χ0v) is 22.9. The lowest BCUT2D eigenvalue weighted by atomic mass is 10.1. The van der Waals surface area contributed by atoms with Gasteiger partial charge in [-0.2, -0.15) is 5.10 Å². The predicted octanol–water partition coefficient (Wildman–Crippen LogP) is 8.39. The van der Waals surface area contributed by atoms with Gasteiger partial charge >= 0.3 is 0 Å². The smallest absolute Gasteiger partial charge is 0.185 e. The summed E-state index contributed by atoms with van der Waals surface area (Å²) < 4.78 is 7.03. The number of fused-ring (bicyclic) bond motifs is 1. The first-order chi connectivity index (χ1) is 20.1. The van der Waals surface area contributed by atoms with Crippen LogP contribution < -0.4 is 10.1 Å². The highest BCUT2D eigenvalue weighted by molar-refractivity contribution is 6.31. The van der Waals surface area contributed by atoms with E-state index in [0.29, 0.717) is 16.3 Å². The van der Waals surface area contributed by atoms with Gasteiger partial charge in [-0.15, -0.1) is 0 Å². The van der Waals surface area contributed by atoms with E-state index in [1.807, 2.05) is 95.8 Å². The van der Waals surface area contributed by atoms with Crippen LogP contribution in [0.5, 0.6) is 5.75 Å². The van der Waals surface area contributed by atoms with Crippen LogP contribution in [0, 0.1) is 0 Å². The zero-order chi connectivity index (χ0) is 28.2. The molecule has 2 heterocycles. The van der Waals surface area contributed by atoms with Gasteiger partial charge in [0.1, 0.15) is 11.4 Å². The van der Waals surface area contributed by atoms with Crippen molar-refractivity contribution in [2.24, 2.45) is 0 Å². The van der Waals surface area contributed by atoms with E-state index < -0.39 is 0 Å². The summed E-state index contributed by atoms with van der Waals surface area (Å²) in [5.74, 6) is 0.597. The number of para-hydroxylation sites is 1. The molecular weight excluding hydrogens is 532 g/mol. The molecule has 0 unspecified atom stereocenters. The van der Waals surface area contributed by atoms with E-state index in [1.165, 1.54) is 0 Å². The Labute approximate surface area is 242 Å². The molecule has 6 nitrogen and oxygen atoms in total. The maximum absolute atomic E-state index is 12.9. The number of allylic oxidation sites excluding steroid dienone is 1. The SMILES string of the molecule is COc1ccc(C(=O)/C=C/c2cn(-c3ccccc3)nc2-c2cccc(Nc3ccnc4cc(Cl)ccc34)c2)cc1. The van der Waals surface area contributed by atoms with Gasteiger partial charge in [0.2, 0.25) is 0 Å². The Hall–Kier alpha value is -5.20. The number of carbonyl (C=O) groups is 1. The Morgan fingerprint density at radius 3 is 2.56 bits per heavy atom. The summed E-state index contributed by atoms with van der Waals surface area (Å²) in [6, 6.07) is 32.6. The number of ketones is 1. The first kappa shape index (κ1) is 26.0. The van der Waals surface area contributed by atoms with E-state index in [4.69, 9.17) is 21.4 Å². The minimum Gasteiger partial charge on any atom is -0.497 e. The van der Waals surface area contributed by atoms with Crippen LogP contribution in [0.1, 0.15) is 15.9 Å². The molecule has 0 saturated carbocycles. The van der Waals surface area contributed by atoms with E-state index in [0.717, 1.165) is 44.8 Å². The molecule has 0 aliphatic carbocycles. The van der Waals surface area contributed by atoms with Crippen LogP contribution >= 0.6 is 11.6 Å². The fourth-order valence-corrected chi connectivity index (χ4v) is 4.76. The molecule has 6 aromatic rings. The molecule has 41 heavy (non-hydrogen) atoms. The van der Waals surface area contributed by atoms with E-state index in [-0.39, 0.29) is 5.78 Å². The molecule has 0 saturated heterocycles. The summed E-state index contributed by atoms with van der Waals surface area (Å²) in [6.45, 7) is 0. The number of pyridine rings is 1. The Morgan fingerprint density at radius 1 is 0.927 bits per heavy atom. The van der Waals surface area contributed by atoms with Gasteiger partial charge in [0, 0.05) is 50.9 Å². The van der Waals surface area contributed by atoms with Gasteiger partial charge in [0.25, 0.3) is 0 Å². The summed E-state index contributed by atoms with van der Waals surface area (Å²) in [5, 5.41) is 10.0. The molecule has 0 aliphatic heterocycles. The van der Waals surface area contributed by atoms with Gasteiger partial charge in [-0.3, -0.25) is 9.78 Å². The molecule has 7 heteroatoms. The van der Waals surface area contributed by atoms with Crippen LogP contribution in [-0.2, 0) is 0 Å². The maximum Gasteiger partial charge on any atom is 0.185 e. The molecule has 1 N–H and O–H groups in total. The number of nitrogens with one attached hydrogen (secondary N) is 1. The van der Waals surface area contributed by atoms with Crippen molar-refractivity contribution in [3.63, 3.8) is 0 Å². The highest BCUT2D eigenvalue weighted by Gasteiger charge is 2.13. The number of halogens is 1. The summed E-state index contributed by atoms with van der Waals surface area (Å²) in [5.41, 5.74) is 6.60. The number of hydrogen-bond acceptors (Lipinski definition) is 5. The lowest BCUT2D eigenvalue weighted by Gasteiger charge is -2.11.